The lowest BCUT2D eigenvalue weighted by atomic mass is 10.1. The monoisotopic (exact) mass is 506 g/mol. The molecule has 0 saturated carbocycles. The highest BCUT2D eigenvalue weighted by atomic mass is 16.6. The minimum Gasteiger partial charge on any atom is -0.503 e. The Bertz CT molecular complexity index is 1340. The van der Waals surface area contributed by atoms with Gasteiger partial charge in [0.1, 0.15) is 0 Å². The van der Waals surface area contributed by atoms with E-state index in [2.05, 4.69) is 5.32 Å². The quantitative estimate of drug-likeness (QED) is 0.127. The summed E-state index contributed by atoms with van der Waals surface area (Å²) in [6.45, 7) is 0. The predicted molar refractivity (Wildman–Crippen MR) is 140 cm³/mol. The number of phenols is 1. The molecule has 0 spiro atoms. The lowest BCUT2D eigenvalue weighted by molar-refractivity contribution is -0.384. The third-order valence-corrected chi connectivity index (χ3v) is 5.29. The van der Waals surface area contributed by atoms with Crippen LogP contribution in [0.15, 0.2) is 54.6 Å². The van der Waals surface area contributed by atoms with Crippen molar-refractivity contribution in [3.63, 3.8) is 0 Å². The van der Waals surface area contributed by atoms with Crippen LogP contribution in [0.4, 0.5) is 11.4 Å². The summed E-state index contributed by atoms with van der Waals surface area (Å²) >= 11 is 0. The molecule has 0 aromatic heterocycles. The highest BCUT2D eigenvalue weighted by Gasteiger charge is 2.15. The van der Waals surface area contributed by atoms with Crippen LogP contribution in [0.1, 0.15) is 16.7 Å². The zero-order chi connectivity index (χ0) is 26.9. The maximum absolute atomic E-state index is 12.7. The van der Waals surface area contributed by atoms with Gasteiger partial charge in [-0.1, -0.05) is 24.3 Å². The maximum Gasteiger partial charge on any atom is 0.270 e. The number of amides is 1. The molecule has 1 amide bonds. The van der Waals surface area contributed by atoms with Gasteiger partial charge in [0.2, 0.25) is 11.7 Å². The van der Waals surface area contributed by atoms with Gasteiger partial charge >= 0.3 is 0 Å². The van der Waals surface area contributed by atoms with Crippen LogP contribution in [-0.2, 0) is 4.79 Å². The number of hydrogen-bond donors (Lipinski definition) is 2. The number of nitro benzene ring substituents is 1. The number of ether oxygens (including phenoxy) is 4. The second-order valence-electron chi connectivity index (χ2n) is 7.55. The summed E-state index contributed by atoms with van der Waals surface area (Å²) in [6, 6.07) is 12.6. The van der Waals surface area contributed by atoms with Crippen molar-refractivity contribution in [1.29, 1.82) is 0 Å². The first-order valence-corrected chi connectivity index (χ1v) is 10.9. The molecule has 0 bridgehead atoms. The minimum atomic E-state index is -0.558. The molecular weight excluding hydrogens is 480 g/mol. The molecule has 0 saturated heterocycles. The predicted octanol–water partition coefficient (Wildman–Crippen LogP) is 5.16. The summed E-state index contributed by atoms with van der Waals surface area (Å²) in [7, 11) is 5.94. The fourth-order valence-corrected chi connectivity index (χ4v) is 3.49. The zero-order valence-electron chi connectivity index (χ0n) is 20.7. The number of anilines is 1. The van der Waals surface area contributed by atoms with Crippen LogP contribution in [-0.4, -0.2) is 44.4 Å². The third kappa shape index (κ3) is 6.37. The molecule has 0 unspecified atom stereocenters. The van der Waals surface area contributed by atoms with E-state index in [0.717, 1.165) is 0 Å². The summed E-state index contributed by atoms with van der Waals surface area (Å²) in [6.07, 6.45) is 6.09. The number of aromatic hydroxyl groups is 1. The summed E-state index contributed by atoms with van der Waals surface area (Å²) in [5.41, 5.74) is 1.71. The molecule has 0 aliphatic heterocycles. The van der Waals surface area contributed by atoms with Crippen molar-refractivity contribution in [2.24, 2.45) is 0 Å². The van der Waals surface area contributed by atoms with Crippen LogP contribution < -0.4 is 24.3 Å². The highest BCUT2D eigenvalue weighted by Crippen LogP contribution is 2.40. The van der Waals surface area contributed by atoms with Gasteiger partial charge in [-0.2, -0.15) is 0 Å². The van der Waals surface area contributed by atoms with Crippen LogP contribution in [0.5, 0.6) is 28.7 Å². The largest absolute Gasteiger partial charge is 0.503 e. The lowest BCUT2D eigenvalue weighted by Gasteiger charge is -2.14. The summed E-state index contributed by atoms with van der Waals surface area (Å²) in [5, 5.41) is 24.3. The summed E-state index contributed by atoms with van der Waals surface area (Å²) in [4.78, 5) is 23.1. The molecule has 10 heteroatoms. The molecule has 0 fully saturated rings. The van der Waals surface area contributed by atoms with Gasteiger partial charge < -0.3 is 29.4 Å². The molecule has 0 atom stereocenters. The summed E-state index contributed by atoms with van der Waals surface area (Å²) in [5.74, 6) is 0.748. The Morgan fingerprint density at radius 1 is 0.865 bits per heavy atom. The Morgan fingerprint density at radius 3 is 2.14 bits per heavy atom. The van der Waals surface area contributed by atoms with Gasteiger partial charge in [-0.3, -0.25) is 14.9 Å². The number of phenolic OH excluding ortho intramolecular Hbond substituents is 1. The van der Waals surface area contributed by atoms with E-state index in [4.69, 9.17) is 18.9 Å². The van der Waals surface area contributed by atoms with E-state index in [1.165, 1.54) is 58.8 Å². The van der Waals surface area contributed by atoms with E-state index in [1.54, 1.807) is 42.5 Å². The molecular formula is C27H26N2O8. The number of carbonyl (C=O) groups is 1. The normalized spacial score (nSPS) is 10.9. The Balaban J connectivity index is 1.92. The van der Waals surface area contributed by atoms with Crippen LogP contribution in [0, 0.1) is 10.1 Å². The summed E-state index contributed by atoms with van der Waals surface area (Å²) < 4.78 is 21.3. The molecule has 192 valence electrons. The van der Waals surface area contributed by atoms with Gasteiger partial charge in [0.15, 0.2) is 23.0 Å². The SMILES string of the molecule is COc1ccc(C=Cc2cc(OC)c(OC)c(OC)c2)c(NC(=O)/C=C/c2cccc([N+](=O)[O-])c2)c1O. The molecule has 0 heterocycles. The molecule has 10 nitrogen and oxygen atoms in total. The van der Waals surface area contributed by atoms with Gasteiger partial charge in [-0.25, -0.2) is 0 Å². The van der Waals surface area contributed by atoms with Gasteiger partial charge in [0.05, 0.1) is 39.0 Å². The molecule has 37 heavy (non-hydrogen) atoms. The number of nitrogens with zero attached hydrogens (tertiary/aromatic N) is 1. The molecule has 2 N–H and O–H groups in total. The Labute approximate surface area is 213 Å². The molecule has 3 aromatic rings. The molecule has 3 rings (SSSR count). The Morgan fingerprint density at radius 2 is 1.54 bits per heavy atom. The van der Waals surface area contributed by atoms with E-state index in [1.807, 2.05) is 0 Å². The number of non-ortho nitro benzene ring substituents is 1. The van der Waals surface area contributed by atoms with Crippen molar-refractivity contribution in [2.45, 2.75) is 0 Å². The standard InChI is InChI=1S/C27H26N2O8/c1-34-21-12-11-19(10-8-18-15-22(35-2)27(37-4)23(16-18)36-3)25(26(21)31)28-24(30)13-9-17-6-5-7-20(14-17)29(32)33/h5-16,31H,1-4H3,(H,28,30)/b10-8?,13-9+. The number of benzene rings is 3. The average molecular weight is 507 g/mol. The van der Waals surface area contributed by atoms with E-state index in [0.29, 0.717) is 33.9 Å². The number of rotatable bonds is 10. The van der Waals surface area contributed by atoms with Crippen LogP contribution in [0.25, 0.3) is 18.2 Å². The zero-order valence-corrected chi connectivity index (χ0v) is 20.7. The molecule has 0 aliphatic rings. The Kier molecular flexibility index (Phi) is 8.71. The van der Waals surface area contributed by atoms with Crippen molar-refractivity contribution in [2.75, 3.05) is 33.8 Å². The number of methoxy groups -OCH3 is 4. The van der Waals surface area contributed by atoms with Crippen molar-refractivity contribution >= 4 is 35.5 Å². The lowest BCUT2D eigenvalue weighted by Crippen LogP contribution is -2.09. The minimum absolute atomic E-state index is 0.0905. The van der Waals surface area contributed by atoms with Crippen LogP contribution in [0.2, 0.25) is 0 Å². The second-order valence-corrected chi connectivity index (χ2v) is 7.55. The maximum atomic E-state index is 12.7. The van der Waals surface area contributed by atoms with E-state index >= 15 is 0 Å². The fraction of sp³-hybridized carbons (Fsp3) is 0.148. The van der Waals surface area contributed by atoms with Gasteiger partial charge in [0, 0.05) is 23.8 Å². The first-order chi connectivity index (χ1) is 17.8. The first-order valence-electron chi connectivity index (χ1n) is 10.9. The Hall–Kier alpha value is -4.99. The number of nitrogens with one attached hydrogen (secondary N) is 1. The van der Waals surface area contributed by atoms with Crippen molar-refractivity contribution in [3.8, 4) is 28.7 Å². The number of hydrogen-bond acceptors (Lipinski definition) is 8. The second kappa shape index (κ2) is 12.1. The smallest absolute Gasteiger partial charge is 0.270 e. The highest BCUT2D eigenvalue weighted by molar-refractivity contribution is 6.04. The van der Waals surface area contributed by atoms with Crippen molar-refractivity contribution in [1.82, 2.24) is 0 Å². The topological polar surface area (TPSA) is 129 Å². The van der Waals surface area contributed by atoms with E-state index < -0.39 is 10.8 Å². The van der Waals surface area contributed by atoms with Crippen LogP contribution >= 0.6 is 0 Å². The van der Waals surface area contributed by atoms with Gasteiger partial charge in [-0.15, -0.1) is 0 Å². The average Bonchev–Trinajstić information content (AvgIpc) is 2.91. The van der Waals surface area contributed by atoms with Gasteiger partial charge in [-0.05, 0) is 41.5 Å². The number of carbonyl (C=O) groups excluding carboxylic acids is 1. The molecule has 0 radical (unpaired) electrons. The molecule has 0 aliphatic carbocycles. The fourth-order valence-electron chi connectivity index (χ4n) is 3.49. The van der Waals surface area contributed by atoms with E-state index in [9.17, 15) is 20.0 Å². The van der Waals surface area contributed by atoms with Crippen molar-refractivity contribution in [3.05, 3.63) is 81.4 Å². The van der Waals surface area contributed by atoms with Crippen molar-refractivity contribution < 1.29 is 33.8 Å². The first kappa shape index (κ1) is 26.6. The third-order valence-electron chi connectivity index (χ3n) is 5.29. The van der Waals surface area contributed by atoms with Gasteiger partial charge in [0.25, 0.3) is 5.69 Å². The number of nitro groups is 1. The van der Waals surface area contributed by atoms with E-state index in [-0.39, 0.29) is 22.9 Å². The molecule has 3 aromatic carbocycles. The van der Waals surface area contributed by atoms with Crippen LogP contribution in [0.3, 0.4) is 0 Å².